The van der Waals surface area contributed by atoms with Gasteiger partial charge < -0.3 is 15.4 Å². The number of nitrogens with one attached hydrogen (secondary N) is 2. The van der Waals surface area contributed by atoms with Crippen molar-refractivity contribution in [1.82, 2.24) is 10.6 Å². The third-order valence-corrected chi connectivity index (χ3v) is 4.99. The van der Waals surface area contributed by atoms with Crippen LogP contribution < -0.4 is 10.6 Å². The molecule has 23 heavy (non-hydrogen) atoms. The lowest BCUT2D eigenvalue weighted by molar-refractivity contribution is 0.0521. The molecule has 1 rings (SSSR count). The van der Waals surface area contributed by atoms with E-state index in [1.807, 2.05) is 26.8 Å². The molecule has 0 fully saturated rings. The molecule has 1 unspecified atom stereocenters. The smallest absolute Gasteiger partial charge is 0.407 e. The Morgan fingerprint density at radius 3 is 2.52 bits per heavy atom. The van der Waals surface area contributed by atoms with Crippen molar-refractivity contribution in [3.8, 4) is 0 Å². The molecule has 1 amide bonds. The summed E-state index contributed by atoms with van der Waals surface area (Å²) in [6, 6.07) is 6.40. The maximum absolute atomic E-state index is 11.8. The largest absolute Gasteiger partial charge is 0.444 e. The first-order valence-corrected chi connectivity index (χ1v) is 9.44. The summed E-state index contributed by atoms with van der Waals surface area (Å²) in [5, 5.41) is 6.34. The Morgan fingerprint density at radius 2 is 1.96 bits per heavy atom. The topological polar surface area (TPSA) is 50.4 Å². The second-order valence-corrected chi connectivity index (χ2v) is 8.21. The molecule has 0 aliphatic heterocycles. The first-order valence-electron chi connectivity index (χ1n) is 7.85. The summed E-state index contributed by atoms with van der Waals surface area (Å²) in [7, 11) is 0. The van der Waals surface area contributed by atoms with Crippen molar-refractivity contribution in [2.45, 2.75) is 58.7 Å². The Kier molecular flexibility index (Phi) is 8.58. The second kappa shape index (κ2) is 9.64. The minimum absolute atomic E-state index is 0.218. The molecule has 0 aromatic heterocycles. The molecule has 1 atom stereocenters. The molecule has 0 aliphatic rings. The van der Waals surface area contributed by atoms with Gasteiger partial charge in [0.2, 0.25) is 0 Å². The third-order valence-electron chi connectivity index (χ3n) is 3.11. The third kappa shape index (κ3) is 8.72. The van der Waals surface area contributed by atoms with Crippen LogP contribution in [0, 0.1) is 0 Å². The van der Waals surface area contributed by atoms with E-state index in [4.69, 9.17) is 4.74 Å². The highest BCUT2D eigenvalue weighted by Gasteiger charge is 2.17. The Labute approximate surface area is 156 Å². The molecule has 130 valence electrons. The van der Waals surface area contributed by atoms with Crippen molar-refractivity contribution < 1.29 is 9.53 Å². The summed E-state index contributed by atoms with van der Waals surface area (Å²) < 4.78 is 7.35. The zero-order valence-corrected chi connectivity index (χ0v) is 17.4. The van der Waals surface area contributed by atoms with Gasteiger partial charge in [-0.3, -0.25) is 0 Å². The van der Waals surface area contributed by atoms with Gasteiger partial charge in [0.15, 0.2) is 0 Å². The van der Waals surface area contributed by atoms with Crippen LogP contribution in [0.15, 0.2) is 27.1 Å². The molecule has 0 radical (unpaired) electrons. The lowest BCUT2D eigenvalue weighted by atomic mass is 10.1. The standard InChI is InChI=1S/C17H26Br2N2O2/c1-5-6-13(11-21-16(22)23-17(2,3)4)20-10-12-7-8-14(18)15(19)9-12/h7-9,13,20H,5-6,10-11H2,1-4H3,(H,21,22). The number of alkyl carbamates (subject to hydrolysis) is 1. The van der Waals surface area contributed by atoms with Crippen molar-refractivity contribution in [3.05, 3.63) is 32.7 Å². The number of carbonyl (C=O) groups excluding carboxylic acids is 1. The van der Waals surface area contributed by atoms with E-state index in [0.29, 0.717) is 6.54 Å². The van der Waals surface area contributed by atoms with Crippen molar-refractivity contribution >= 4 is 38.0 Å². The van der Waals surface area contributed by atoms with E-state index in [-0.39, 0.29) is 12.1 Å². The first-order chi connectivity index (χ1) is 10.7. The number of amides is 1. The number of hydrogen-bond donors (Lipinski definition) is 2. The molecule has 0 aliphatic carbocycles. The van der Waals surface area contributed by atoms with Gasteiger partial charge in [0.05, 0.1) is 0 Å². The number of carbonyl (C=O) groups is 1. The van der Waals surface area contributed by atoms with Gasteiger partial charge in [-0.2, -0.15) is 0 Å². The Balaban J connectivity index is 2.48. The van der Waals surface area contributed by atoms with Gasteiger partial charge >= 0.3 is 6.09 Å². The SMILES string of the molecule is CCCC(CNC(=O)OC(C)(C)C)NCc1ccc(Br)c(Br)c1. The highest BCUT2D eigenvalue weighted by Crippen LogP contribution is 2.23. The Morgan fingerprint density at radius 1 is 1.26 bits per heavy atom. The van der Waals surface area contributed by atoms with Crippen LogP contribution in [0.5, 0.6) is 0 Å². The van der Waals surface area contributed by atoms with E-state index in [2.05, 4.69) is 61.5 Å². The quantitative estimate of drug-likeness (QED) is 0.616. The van der Waals surface area contributed by atoms with E-state index < -0.39 is 5.60 Å². The van der Waals surface area contributed by atoms with Crippen molar-refractivity contribution in [3.63, 3.8) is 0 Å². The molecule has 1 aromatic carbocycles. The first kappa shape index (κ1) is 20.5. The van der Waals surface area contributed by atoms with E-state index >= 15 is 0 Å². The van der Waals surface area contributed by atoms with Gasteiger partial charge in [0.25, 0.3) is 0 Å². The predicted molar refractivity (Wildman–Crippen MR) is 102 cm³/mol. The van der Waals surface area contributed by atoms with E-state index in [9.17, 15) is 4.79 Å². The molecular weight excluding hydrogens is 424 g/mol. The maximum Gasteiger partial charge on any atom is 0.407 e. The van der Waals surface area contributed by atoms with Crippen molar-refractivity contribution in [2.75, 3.05) is 6.54 Å². The van der Waals surface area contributed by atoms with Gasteiger partial charge in [-0.25, -0.2) is 4.79 Å². The van der Waals surface area contributed by atoms with E-state index in [1.165, 1.54) is 5.56 Å². The highest BCUT2D eigenvalue weighted by atomic mass is 79.9. The molecule has 0 saturated heterocycles. The fourth-order valence-corrected chi connectivity index (χ4v) is 2.73. The van der Waals surface area contributed by atoms with Gasteiger partial charge in [-0.15, -0.1) is 0 Å². The maximum atomic E-state index is 11.8. The van der Waals surface area contributed by atoms with Gasteiger partial charge in [0, 0.05) is 28.1 Å². The molecular formula is C17H26Br2N2O2. The van der Waals surface area contributed by atoms with Crippen LogP contribution in [0.2, 0.25) is 0 Å². The second-order valence-electron chi connectivity index (χ2n) is 6.50. The van der Waals surface area contributed by atoms with Gasteiger partial charge in [-0.1, -0.05) is 19.4 Å². The number of hydrogen-bond acceptors (Lipinski definition) is 3. The number of rotatable bonds is 7. The molecule has 0 saturated carbocycles. The van der Waals surface area contributed by atoms with Gasteiger partial charge in [0.1, 0.15) is 5.60 Å². The zero-order chi connectivity index (χ0) is 17.5. The van der Waals surface area contributed by atoms with Crippen LogP contribution in [0.1, 0.15) is 46.1 Å². The summed E-state index contributed by atoms with van der Waals surface area (Å²) in [6.45, 7) is 9.03. The van der Waals surface area contributed by atoms with Crippen LogP contribution in [0.4, 0.5) is 4.79 Å². The number of halogens is 2. The van der Waals surface area contributed by atoms with E-state index in [1.54, 1.807) is 0 Å². The van der Waals surface area contributed by atoms with Crippen LogP contribution in [0.25, 0.3) is 0 Å². The van der Waals surface area contributed by atoms with Crippen LogP contribution in [-0.4, -0.2) is 24.3 Å². The Bertz CT molecular complexity index is 516. The van der Waals surface area contributed by atoms with Crippen LogP contribution >= 0.6 is 31.9 Å². The normalized spacial score (nSPS) is 12.8. The Hall–Kier alpha value is -0.590. The molecule has 1 aromatic rings. The number of benzene rings is 1. The summed E-state index contributed by atoms with van der Waals surface area (Å²) in [6.07, 6.45) is 1.68. The summed E-state index contributed by atoms with van der Waals surface area (Å²) in [5.41, 5.74) is 0.722. The molecule has 0 bridgehead atoms. The minimum Gasteiger partial charge on any atom is -0.444 e. The predicted octanol–water partition coefficient (Wildman–Crippen LogP) is 4.99. The molecule has 2 N–H and O–H groups in total. The monoisotopic (exact) mass is 448 g/mol. The van der Waals surface area contributed by atoms with Crippen LogP contribution in [0.3, 0.4) is 0 Å². The number of ether oxygens (including phenoxy) is 1. The average Bonchev–Trinajstić information content (AvgIpc) is 2.43. The summed E-state index contributed by atoms with van der Waals surface area (Å²) >= 11 is 6.98. The minimum atomic E-state index is -0.471. The lowest BCUT2D eigenvalue weighted by Gasteiger charge is -2.22. The molecule has 0 heterocycles. The highest BCUT2D eigenvalue weighted by molar-refractivity contribution is 9.13. The fraction of sp³-hybridized carbons (Fsp3) is 0.588. The van der Waals surface area contributed by atoms with Crippen molar-refractivity contribution in [1.29, 1.82) is 0 Å². The van der Waals surface area contributed by atoms with Crippen LogP contribution in [-0.2, 0) is 11.3 Å². The summed E-state index contributed by atoms with van der Waals surface area (Å²) in [5.74, 6) is 0. The van der Waals surface area contributed by atoms with Crippen molar-refractivity contribution in [2.24, 2.45) is 0 Å². The van der Waals surface area contributed by atoms with Gasteiger partial charge in [-0.05, 0) is 76.7 Å². The lowest BCUT2D eigenvalue weighted by Crippen LogP contribution is -2.42. The zero-order valence-electron chi connectivity index (χ0n) is 14.2. The fourth-order valence-electron chi connectivity index (χ4n) is 2.06. The average molecular weight is 450 g/mol. The molecule has 4 nitrogen and oxygen atoms in total. The van der Waals surface area contributed by atoms with E-state index in [0.717, 1.165) is 28.3 Å². The summed E-state index contributed by atoms with van der Waals surface area (Å²) in [4.78, 5) is 11.8. The molecule has 6 heteroatoms. The molecule has 0 spiro atoms.